The molecule has 20 heavy (non-hydrogen) atoms. The van der Waals surface area contributed by atoms with Gasteiger partial charge in [0.05, 0.1) is 9.75 Å². The second kappa shape index (κ2) is 7.08. The number of nitrogens with one attached hydrogen (secondary N) is 2. The van der Waals surface area contributed by atoms with Crippen LogP contribution in [0.15, 0.2) is 12.1 Å². The zero-order chi connectivity index (χ0) is 14.4. The van der Waals surface area contributed by atoms with Gasteiger partial charge in [-0.25, -0.2) is 0 Å². The van der Waals surface area contributed by atoms with Gasteiger partial charge < -0.3 is 15.7 Å². The van der Waals surface area contributed by atoms with Crippen molar-refractivity contribution in [3.05, 3.63) is 21.9 Å². The Kier molecular flexibility index (Phi) is 5.16. The molecule has 0 unspecified atom stereocenters. The number of aliphatic hydroxyl groups is 1. The van der Waals surface area contributed by atoms with Crippen LogP contribution in [0.4, 0.5) is 0 Å². The van der Waals surface area contributed by atoms with Gasteiger partial charge in [0.15, 0.2) is 0 Å². The molecule has 2 rings (SSSR count). The maximum absolute atomic E-state index is 11.8. The smallest absolute Gasteiger partial charge is 0.261 e. The summed E-state index contributed by atoms with van der Waals surface area (Å²) in [5.74, 6) is 5.05. The van der Waals surface area contributed by atoms with E-state index >= 15 is 0 Å². The lowest BCUT2D eigenvalue weighted by molar-refractivity contribution is -0.121. The molecule has 6 heteroatoms. The highest BCUT2D eigenvalue weighted by molar-refractivity contribution is 7.14. The molecular formula is C14H16N2O3S. The van der Waals surface area contributed by atoms with Gasteiger partial charge in [-0.3, -0.25) is 9.59 Å². The minimum absolute atomic E-state index is 0.0199. The number of carbonyl (C=O) groups is 2. The van der Waals surface area contributed by atoms with Gasteiger partial charge in [0, 0.05) is 19.0 Å². The van der Waals surface area contributed by atoms with E-state index in [1.165, 1.54) is 11.3 Å². The predicted molar refractivity (Wildman–Crippen MR) is 76.4 cm³/mol. The molecule has 5 nitrogen and oxygen atoms in total. The summed E-state index contributed by atoms with van der Waals surface area (Å²) in [7, 11) is 0. The van der Waals surface area contributed by atoms with E-state index in [9.17, 15) is 9.59 Å². The van der Waals surface area contributed by atoms with E-state index < -0.39 is 0 Å². The minimum atomic E-state index is -0.203. The lowest BCUT2D eigenvalue weighted by atomic mass is 10.3. The Hall–Kier alpha value is -1.84. The molecule has 0 spiro atoms. The molecule has 1 aliphatic carbocycles. The molecule has 106 valence electrons. The monoisotopic (exact) mass is 292 g/mol. The van der Waals surface area contributed by atoms with Crippen molar-refractivity contribution in [2.24, 2.45) is 0 Å². The molecule has 1 aliphatic rings. The highest BCUT2D eigenvalue weighted by atomic mass is 32.1. The van der Waals surface area contributed by atoms with Crippen molar-refractivity contribution < 1.29 is 14.7 Å². The quantitative estimate of drug-likeness (QED) is 0.691. The summed E-state index contributed by atoms with van der Waals surface area (Å²) >= 11 is 1.26. The molecule has 1 heterocycles. The highest BCUT2D eigenvalue weighted by Crippen LogP contribution is 2.18. The number of rotatable bonds is 5. The van der Waals surface area contributed by atoms with Crippen molar-refractivity contribution in [2.75, 3.05) is 13.2 Å². The summed E-state index contributed by atoms with van der Waals surface area (Å²) in [6, 6.07) is 3.77. The Morgan fingerprint density at radius 2 is 2.20 bits per heavy atom. The zero-order valence-electron chi connectivity index (χ0n) is 10.9. The van der Waals surface area contributed by atoms with Gasteiger partial charge >= 0.3 is 0 Å². The van der Waals surface area contributed by atoms with Gasteiger partial charge in [-0.05, 0) is 25.0 Å². The van der Waals surface area contributed by atoms with E-state index in [1.54, 1.807) is 12.1 Å². The summed E-state index contributed by atoms with van der Waals surface area (Å²) in [6.45, 7) is 0.127. The van der Waals surface area contributed by atoms with Gasteiger partial charge in [-0.1, -0.05) is 11.8 Å². The fourth-order valence-electron chi connectivity index (χ4n) is 1.56. The average Bonchev–Trinajstić information content (AvgIpc) is 3.10. The molecular weight excluding hydrogens is 276 g/mol. The first-order chi connectivity index (χ1) is 9.69. The van der Waals surface area contributed by atoms with Crippen LogP contribution in [0.1, 0.15) is 33.8 Å². The molecule has 0 radical (unpaired) electrons. The van der Waals surface area contributed by atoms with Crippen molar-refractivity contribution in [3.8, 4) is 11.8 Å². The third kappa shape index (κ3) is 4.68. The molecule has 0 aliphatic heterocycles. The van der Waals surface area contributed by atoms with Gasteiger partial charge in [-0.15, -0.1) is 11.3 Å². The second-order valence-corrected chi connectivity index (χ2v) is 5.56. The minimum Gasteiger partial charge on any atom is -0.384 e. The number of carbonyl (C=O) groups excluding carboxylic acids is 2. The Morgan fingerprint density at radius 1 is 1.40 bits per heavy atom. The topological polar surface area (TPSA) is 78.4 Å². The normalized spacial score (nSPS) is 13.2. The van der Waals surface area contributed by atoms with E-state index in [0.717, 1.165) is 17.7 Å². The van der Waals surface area contributed by atoms with Gasteiger partial charge in [0.25, 0.3) is 5.91 Å². The lowest BCUT2D eigenvalue weighted by Crippen LogP contribution is -2.31. The fraction of sp³-hybridized carbons (Fsp3) is 0.429. The van der Waals surface area contributed by atoms with Crippen molar-refractivity contribution in [2.45, 2.75) is 25.3 Å². The maximum atomic E-state index is 11.8. The van der Waals surface area contributed by atoms with Gasteiger partial charge in [-0.2, -0.15) is 0 Å². The Bertz CT molecular complexity index is 552. The Morgan fingerprint density at radius 3 is 2.90 bits per heavy atom. The van der Waals surface area contributed by atoms with Crippen molar-refractivity contribution >= 4 is 23.2 Å². The van der Waals surface area contributed by atoms with Crippen molar-refractivity contribution in [1.82, 2.24) is 10.6 Å². The lowest BCUT2D eigenvalue weighted by Gasteiger charge is -2.04. The van der Waals surface area contributed by atoms with Crippen LogP contribution in [0.5, 0.6) is 0 Å². The molecule has 0 atom stereocenters. The van der Waals surface area contributed by atoms with Crippen LogP contribution in [0, 0.1) is 11.8 Å². The summed E-state index contributed by atoms with van der Waals surface area (Å²) in [4.78, 5) is 24.5. The Labute approximate surface area is 121 Å². The first-order valence-electron chi connectivity index (χ1n) is 6.46. The van der Waals surface area contributed by atoms with E-state index in [-0.39, 0.29) is 18.4 Å². The molecule has 0 bridgehead atoms. The standard InChI is InChI=1S/C14H16N2O3S/c17-9-1-2-11-5-6-12(20-11)14(19)15-8-7-13(18)16-10-3-4-10/h5-6,10,17H,3-4,7-9H2,(H,15,19)(H,16,18). The second-order valence-electron chi connectivity index (χ2n) is 4.47. The molecule has 1 saturated carbocycles. The fourth-order valence-corrected chi connectivity index (χ4v) is 2.36. The summed E-state index contributed by atoms with van der Waals surface area (Å²) < 4.78 is 0. The molecule has 2 amide bonds. The summed E-state index contributed by atoms with van der Waals surface area (Å²) in [6.07, 6.45) is 2.42. The first-order valence-corrected chi connectivity index (χ1v) is 7.28. The largest absolute Gasteiger partial charge is 0.384 e. The molecule has 3 N–H and O–H groups in total. The van der Waals surface area contributed by atoms with Gasteiger partial charge in [0.2, 0.25) is 5.91 Å². The van der Waals surface area contributed by atoms with E-state index in [1.807, 2.05) is 0 Å². The van der Waals surface area contributed by atoms with E-state index in [4.69, 9.17) is 5.11 Å². The number of amides is 2. The molecule has 1 aromatic heterocycles. The Balaban J connectivity index is 1.73. The SMILES string of the molecule is O=C(CCNC(=O)c1ccc(C#CCO)s1)NC1CC1. The van der Waals surface area contributed by atoms with Crippen LogP contribution < -0.4 is 10.6 Å². The van der Waals surface area contributed by atoms with E-state index in [0.29, 0.717) is 23.9 Å². The summed E-state index contributed by atoms with van der Waals surface area (Å²) in [5, 5.41) is 14.2. The summed E-state index contributed by atoms with van der Waals surface area (Å²) in [5.41, 5.74) is 0. The first kappa shape index (κ1) is 14.6. The zero-order valence-corrected chi connectivity index (χ0v) is 11.8. The van der Waals surface area contributed by atoms with Crippen LogP contribution in [0.3, 0.4) is 0 Å². The number of thiophene rings is 1. The van der Waals surface area contributed by atoms with Gasteiger partial charge in [0.1, 0.15) is 6.61 Å². The van der Waals surface area contributed by atoms with Crippen LogP contribution in [-0.2, 0) is 4.79 Å². The average molecular weight is 292 g/mol. The molecule has 1 fully saturated rings. The number of hydrogen-bond acceptors (Lipinski definition) is 4. The van der Waals surface area contributed by atoms with Crippen LogP contribution in [-0.4, -0.2) is 36.1 Å². The number of hydrogen-bond donors (Lipinski definition) is 3. The number of aliphatic hydroxyl groups excluding tert-OH is 1. The third-order valence-corrected chi connectivity index (χ3v) is 3.70. The third-order valence-electron chi connectivity index (χ3n) is 2.70. The maximum Gasteiger partial charge on any atom is 0.261 e. The van der Waals surface area contributed by atoms with Crippen molar-refractivity contribution in [1.29, 1.82) is 0 Å². The van der Waals surface area contributed by atoms with E-state index in [2.05, 4.69) is 22.5 Å². The van der Waals surface area contributed by atoms with Crippen LogP contribution in [0.25, 0.3) is 0 Å². The van der Waals surface area contributed by atoms with Crippen LogP contribution in [0.2, 0.25) is 0 Å². The highest BCUT2D eigenvalue weighted by Gasteiger charge is 2.22. The molecule has 0 saturated heterocycles. The van der Waals surface area contributed by atoms with Crippen molar-refractivity contribution in [3.63, 3.8) is 0 Å². The molecule has 0 aromatic carbocycles. The van der Waals surface area contributed by atoms with Crippen LogP contribution >= 0.6 is 11.3 Å². The molecule has 1 aromatic rings. The predicted octanol–water partition coefficient (Wildman–Crippen LogP) is 0.490.